The first-order valence-electron chi connectivity index (χ1n) is 8.26. The highest BCUT2D eigenvalue weighted by atomic mass is 16.5. The van der Waals surface area contributed by atoms with Crippen LogP contribution in [0.5, 0.6) is 0 Å². The molecule has 5 nitrogen and oxygen atoms in total. The molecule has 3 rings (SSSR count). The molecule has 1 aromatic heterocycles. The van der Waals surface area contributed by atoms with Gasteiger partial charge in [-0.3, -0.25) is 0 Å². The van der Waals surface area contributed by atoms with Crippen molar-refractivity contribution in [2.24, 2.45) is 17.6 Å². The Kier molecular flexibility index (Phi) is 4.93. The van der Waals surface area contributed by atoms with Crippen LogP contribution in [0.1, 0.15) is 37.4 Å². The van der Waals surface area contributed by atoms with Crippen molar-refractivity contribution in [3.05, 3.63) is 18.2 Å². The van der Waals surface area contributed by atoms with Gasteiger partial charge in [-0.05, 0) is 51.7 Å². The number of nitrogens with zero attached hydrogens (tertiary/aromatic N) is 3. The van der Waals surface area contributed by atoms with Crippen LogP contribution in [0.15, 0.2) is 12.5 Å². The minimum absolute atomic E-state index is 0.0625. The lowest BCUT2D eigenvalue weighted by Crippen LogP contribution is -2.30. The van der Waals surface area contributed by atoms with Crippen LogP contribution in [-0.4, -0.2) is 47.8 Å². The second-order valence-electron chi connectivity index (χ2n) is 6.70. The van der Waals surface area contributed by atoms with Gasteiger partial charge in [-0.15, -0.1) is 0 Å². The molecule has 0 amide bonds. The van der Waals surface area contributed by atoms with E-state index in [1.807, 2.05) is 12.5 Å². The summed E-state index contributed by atoms with van der Waals surface area (Å²) in [5, 5.41) is 0. The summed E-state index contributed by atoms with van der Waals surface area (Å²) < 4.78 is 7.73. The molecule has 0 spiro atoms. The molecule has 1 aromatic rings. The fraction of sp³-hybridized carbons (Fsp3) is 0.812. The largest absolute Gasteiger partial charge is 0.381 e. The molecule has 2 atom stereocenters. The number of ether oxygens (including phenoxy) is 1. The SMILES string of the molecule is CN1CCC(CCn2cncc2C(N)C2CCOC2)CC1. The predicted octanol–water partition coefficient (Wildman–Crippen LogP) is 1.65. The van der Waals surface area contributed by atoms with Crippen LogP contribution in [0.3, 0.4) is 0 Å². The molecule has 0 aliphatic carbocycles. The molecule has 21 heavy (non-hydrogen) atoms. The average molecular weight is 292 g/mol. The lowest BCUT2D eigenvalue weighted by molar-refractivity contribution is 0.180. The van der Waals surface area contributed by atoms with Crippen molar-refractivity contribution in [1.29, 1.82) is 0 Å². The quantitative estimate of drug-likeness (QED) is 0.896. The fourth-order valence-corrected chi connectivity index (χ4v) is 3.55. The van der Waals surface area contributed by atoms with Gasteiger partial charge in [-0.25, -0.2) is 4.98 Å². The van der Waals surface area contributed by atoms with Crippen LogP contribution in [-0.2, 0) is 11.3 Å². The third-order valence-electron chi connectivity index (χ3n) is 5.18. The maximum Gasteiger partial charge on any atom is 0.0948 e. The van der Waals surface area contributed by atoms with E-state index >= 15 is 0 Å². The number of hydrogen-bond acceptors (Lipinski definition) is 4. The number of nitrogens with two attached hydrogens (primary N) is 1. The zero-order chi connectivity index (χ0) is 14.7. The van der Waals surface area contributed by atoms with Crippen LogP contribution in [0.4, 0.5) is 0 Å². The van der Waals surface area contributed by atoms with Gasteiger partial charge in [-0.1, -0.05) is 0 Å². The third kappa shape index (κ3) is 3.65. The van der Waals surface area contributed by atoms with E-state index in [0.717, 1.165) is 32.1 Å². The molecule has 5 heteroatoms. The first-order chi connectivity index (χ1) is 10.2. The van der Waals surface area contributed by atoms with E-state index in [2.05, 4.69) is 21.5 Å². The van der Waals surface area contributed by atoms with E-state index in [4.69, 9.17) is 10.5 Å². The monoisotopic (exact) mass is 292 g/mol. The van der Waals surface area contributed by atoms with Crippen LogP contribution in [0.25, 0.3) is 0 Å². The summed E-state index contributed by atoms with van der Waals surface area (Å²) in [4.78, 5) is 6.75. The lowest BCUT2D eigenvalue weighted by atomic mass is 9.93. The van der Waals surface area contributed by atoms with Gasteiger partial charge in [0.05, 0.1) is 24.7 Å². The molecule has 0 aromatic carbocycles. The fourth-order valence-electron chi connectivity index (χ4n) is 3.55. The maximum atomic E-state index is 6.42. The Morgan fingerprint density at radius 3 is 2.90 bits per heavy atom. The normalized spacial score (nSPS) is 26.3. The van der Waals surface area contributed by atoms with Gasteiger partial charge in [0.2, 0.25) is 0 Å². The van der Waals surface area contributed by atoms with Crippen LogP contribution in [0.2, 0.25) is 0 Å². The molecule has 0 bridgehead atoms. The number of imidazole rings is 1. The van der Waals surface area contributed by atoms with Gasteiger partial charge in [0, 0.05) is 25.3 Å². The molecule has 118 valence electrons. The molecular formula is C16H28N4O. The van der Waals surface area contributed by atoms with Crippen molar-refractivity contribution in [1.82, 2.24) is 14.5 Å². The van der Waals surface area contributed by atoms with E-state index in [1.54, 1.807) is 0 Å². The van der Waals surface area contributed by atoms with Crippen molar-refractivity contribution in [3.8, 4) is 0 Å². The number of rotatable bonds is 5. The van der Waals surface area contributed by atoms with Crippen LogP contribution >= 0.6 is 0 Å². The predicted molar refractivity (Wildman–Crippen MR) is 82.9 cm³/mol. The Hall–Kier alpha value is -0.910. The Morgan fingerprint density at radius 1 is 1.38 bits per heavy atom. The van der Waals surface area contributed by atoms with E-state index < -0.39 is 0 Å². The molecule has 2 aliphatic rings. The molecule has 3 heterocycles. The smallest absolute Gasteiger partial charge is 0.0948 e. The summed E-state index contributed by atoms with van der Waals surface area (Å²) in [6, 6.07) is 0.0625. The topological polar surface area (TPSA) is 56.3 Å². The van der Waals surface area contributed by atoms with Crippen molar-refractivity contribution >= 4 is 0 Å². The molecule has 2 unspecified atom stereocenters. The standard InChI is InChI=1S/C16H28N4O/c1-19-6-2-13(3-7-19)4-8-20-12-18-10-15(20)16(17)14-5-9-21-11-14/h10,12-14,16H,2-9,11,17H2,1H3. The van der Waals surface area contributed by atoms with Gasteiger partial charge in [-0.2, -0.15) is 0 Å². The van der Waals surface area contributed by atoms with Gasteiger partial charge in [0.1, 0.15) is 0 Å². The highest BCUT2D eigenvalue weighted by Crippen LogP contribution is 2.27. The second-order valence-corrected chi connectivity index (χ2v) is 6.70. The molecule has 2 fully saturated rings. The number of piperidine rings is 1. The Morgan fingerprint density at radius 2 is 2.19 bits per heavy atom. The van der Waals surface area contributed by atoms with Crippen molar-refractivity contribution in [2.45, 2.75) is 38.3 Å². The summed E-state index contributed by atoms with van der Waals surface area (Å²) in [5.41, 5.74) is 7.60. The summed E-state index contributed by atoms with van der Waals surface area (Å²) in [6.45, 7) is 5.16. The van der Waals surface area contributed by atoms with Gasteiger partial charge in [0.25, 0.3) is 0 Å². The number of aryl methyl sites for hydroxylation is 1. The molecule has 0 saturated carbocycles. The minimum Gasteiger partial charge on any atom is -0.381 e. The average Bonchev–Trinajstić information content (AvgIpc) is 3.17. The first kappa shape index (κ1) is 15.0. The van der Waals surface area contributed by atoms with E-state index in [0.29, 0.717) is 5.92 Å². The molecule has 0 radical (unpaired) electrons. The second kappa shape index (κ2) is 6.90. The van der Waals surface area contributed by atoms with Crippen LogP contribution < -0.4 is 5.73 Å². The van der Waals surface area contributed by atoms with Crippen LogP contribution in [0, 0.1) is 11.8 Å². The van der Waals surface area contributed by atoms with Gasteiger partial charge in [0.15, 0.2) is 0 Å². The zero-order valence-corrected chi connectivity index (χ0v) is 13.1. The number of aromatic nitrogens is 2. The Bertz CT molecular complexity index is 433. The third-order valence-corrected chi connectivity index (χ3v) is 5.18. The summed E-state index contributed by atoms with van der Waals surface area (Å²) in [6.07, 6.45) is 8.84. The molecule has 2 saturated heterocycles. The van der Waals surface area contributed by atoms with E-state index in [1.165, 1.54) is 38.0 Å². The van der Waals surface area contributed by atoms with Crippen molar-refractivity contribution in [2.75, 3.05) is 33.4 Å². The molecule has 2 N–H and O–H groups in total. The Labute approximate surface area is 127 Å². The van der Waals surface area contributed by atoms with Gasteiger partial charge >= 0.3 is 0 Å². The first-order valence-corrected chi connectivity index (χ1v) is 8.26. The highest BCUT2D eigenvalue weighted by Gasteiger charge is 2.26. The Balaban J connectivity index is 1.55. The summed E-state index contributed by atoms with van der Waals surface area (Å²) in [7, 11) is 2.22. The summed E-state index contributed by atoms with van der Waals surface area (Å²) >= 11 is 0. The maximum absolute atomic E-state index is 6.42. The van der Waals surface area contributed by atoms with E-state index in [9.17, 15) is 0 Å². The van der Waals surface area contributed by atoms with E-state index in [-0.39, 0.29) is 6.04 Å². The zero-order valence-electron chi connectivity index (χ0n) is 13.1. The van der Waals surface area contributed by atoms with Crippen molar-refractivity contribution in [3.63, 3.8) is 0 Å². The number of hydrogen-bond donors (Lipinski definition) is 1. The minimum atomic E-state index is 0.0625. The van der Waals surface area contributed by atoms with Gasteiger partial charge < -0.3 is 19.9 Å². The highest BCUT2D eigenvalue weighted by molar-refractivity contribution is 5.07. The lowest BCUT2D eigenvalue weighted by Gasteiger charge is -2.29. The van der Waals surface area contributed by atoms with Crippen molar-refractivity contribution < 1.29 is 4.74 Å². The molecule has 2 aliphatic heterocycles. The summed E-state index contributed by atoms with van der Waals surface area (Å²) in [5.74, 6) is 1.30. The number of likely N-dealkylation sites (tertiary alicyclic amines) is 1. The molecular weight excluding hydrogens is 264 g/mol.